The minimum Gasteiger partial charge on any atom is -0.454 e. The Bertz CT molecular complexity index is 1380. The van der Waals surface area contributed by atoms with Crippen molar-refractivity contribution in [3.8, 4) is 11.5 Å². The molecule has 2 N–H and O–H groups in total. The lowest BCUT2D eigenvalue weighted by Crippen LogP contribution is -2.44. The second-order valence-electron chi connectivity index (χ2n) is 9.68. The number of carbonyl (C=O) groups excluding carboxylic acids is 2. The number of likely N-dealkylation sites (tertiary alicyclic amines) is 1. The number of amides is 2. The average Bonchev–Trinajstić information content (AvgIpc) is 3.67. The highest BCUT2D eigenvalue weighted by atomic mass is 16.7. The van der Waals surface area contributed by atoms with Crippen LogP contribution >= 0.6 is 0 Å². The first-order valence-corrected chi connectivity index (χ1v) is 12.0. The summed E-state index contributed by atoms with van der Waals surface area (Å²) in [5, 5.41) is 4.23. The average molecular weight is 472 g/mol. The van der Waals surface area contributed by atoms with E-state index in [9.17, 15) is 9.59 Å². The highest BCUT2D eigenvalue weighted by Crippen LogP contribution is 2.52. The Labute approximate surface area is 201 Å². The predicted molar refractivity (Wildman–Crippen MR) is 127 cm³/mol. The minimum absolute atomic E-state index is 0.0358. The van der Waals surface area contributed by atoms with Crippen molar-refractivity contribution >= 4 is 22.7 Å². The predicted octanol–water partition coefficient (Wildman–Crippen LogP) is 2.54. The Balaban J connectivity index is 1.04. The second kappa shape index (κ2) is 7.61. The van der Waals surface area contributed by atoms with Crippen LogP contribution in [0.25, 0.3) is 10.9 Å². The van der Waals surface area contributed by atoms with Gasteiger partial charge < -0.3 is 29.4 Å². The van der Waals surface area contributed by atoms with Crippen molar-refractivity contribution in [3.05, 3.63) is 71.9 Å². The van der Waals surface area contributed by atoms with Crippen LogP contribution in [0.5, 0.6) is 11.5 Å². The lowest BCUT2D eigenvalue weighted by molar-refractivity contribution is -0.137. The maximum atomic E-state index is 13.5. The van der Waals surface area contributed by atoms with E-state index in [1.165, 1.54) is 0 Å². The van der Waals surface area contributed by atoms with Crippen LogP contribution in [-0.2, 0) is 27.3 Å². The smallest absolute Gasteiger partial charge is 0.231 e. The van der Waals surface area contributed by atoms with E-state index < -0.39 is 17.4 Å². The number of fused-ring (bicyclic) bond motifs is 3. The molecule has 4 aliphatic rings. The third kappa shape index (κ3) is 3.16. The summed E-state index contributed by atoms with van der Waals surface area (Å²) in [4.78, 5) is 31.8. The van der Waals surface area contributed by atoms with E-state index >= 15 is 0 Å². The quantitative estimate of drug-likeness (QED) is 0.539. The molecule has 1 spiro atoms. The minimum atomic E-state index is -0.725. The van der Waals surface area contributed by atoms with Gasteiger partial charge in [-0.15, -0.1) is 0 Å². The first-order valence-electron chi connectivity index (χ1n) is 12.0. The molecule has 0 radical (unpaired) electrons. The summed E-state index contributed by atoms with van der Waals surface area (Å²) >= 11 is 0. The first-order chi connectivity index (χ1) is 17.1. The number of nitrogens with one attached hydrogen (secondary N) is 2. The van der Waals surface area contributed by atoms with Crippen molar-refractivity contribution in [2.45, 2.75) is 24.7 Å². The monoisotopic (exact) mass is 471 g/mol. The summed E-state index contributed by atoms with van der Waals surface area (Å²) in [7, 11) is 0. The fourth-order valence-electron chi connectivity index (χ4n) is 6.05. The molecule has 2 bridgehead atoms. The number of para-hydroxylation sites is 1. The Kier molecular flexibility index (Phi) is 4.48. The molecule has 0 aliphatic carbocycles. The topological polar surface area (TPSA) is 92.9 Å². The lowest BCUT2D eigenvalue weighted by atomic mass is 9.77. The number of benzene rings is 2. The molecule has 5 heterocycles. The highest BCUT2D eigenvalue weighted by Gasteiger charge is 2.66. The number of hydrogen-bond acceptors (Lipinski definition) is 5. The zero-order valence-electron chi connectivity index (χ0n) is 19.0. The van der Waals surface area contributed by atoms with Crippen LogP contribution in [0.2, 0.25) is 0 Å². The molecular weight excluding hydrogens is 446 g/mol. The second-order valence-corrected chi connectivity index (χ2v) is 9.68. The van der Waals surface area contributed by atoms with Gasteiger partial charge in [-0.3, -0.25) is 9.59 Å². The van der Waals surface area contributed by atoms with Crippen LogP contribution in [0.15, 0.2) is 60.8 Å². The van der Waals surface area contributed by atoms with Gasteiger partial charge in [0.05, 0.1) is 24.5 Å². The van der Waals surface area contributed by atoms with Gasteiger partial charge in [-0.2, -0.15) is 0 Å². The van der Waals surface area contributed by atoms with Gasteiger partial charge in [0.15, 0.2) is 11.5 Å². The number of ether oxygens (including phenoxy) is 3. The van der Waals surface area contributed by atoms with Gasteiger partial charge in [0.25, 0.3) is 0 Å². The number of rotatable bonds is 6. The normalized spacial score (nSPS) is 27.7. The van der Waals surface area contributed by atoms with Crippen molar-refractivity contribution in [2.75, 3.05) is 19.9 Å². The van der Waals surface area contributed by atoms with E-state index in [1.54, 1.807) is 4.90 Å². The van der Waals surface area contributed by atoms with E-state index in [1.807, 2.05) is 54.7 Å². The van der Waals surface area contributed by atoms with Crippen molar-refractivity contribution < 1.29 is 23.8 Å². The molecule has 35 heavy (non-hydrogen) atoms. The summed E-state index contributed by atoms with van der Waals surface area (Å²) in [6.07, 6.45) is 6.27. The fraction of sp³-hybridized carbons (Fsp3) is 0.333. The Morgan fingerprint density at radius 2 is 2.06 bits per heavy atom. The molecule has 2 fully saturated rings. The van der Waals surface area contributed by atoms with E-state index in [4.69, 9.17) is 14.2 Å². The van der Waals surface area contributed by atoms with Gasteiger partial charge in [-0.1, -0.05) is 36.4 Å². The van der Waals surface area contributed by atoms with Gasteiger partial charge in [-0.05, 0) is 35.7 Å². The third-order valence-electron chi connectivity index (χ3n) is 7.66. The van der Waals surface area contributed by atoms with Gasteiger partial charge in [0.1, 0.15) is 5.60 Å². The third-order valence-corrected chi connectivity index (χ3v) is 7.66. The van der Waals surface area contributed by atoms with Gasteiger partial charge in [0.2, 0.25) is 18.6 Å². The van der Waals surface area contributed by atoms with E-state index in [0.29, 0.717) is 37.6 Å². The Morgan fingerprint density at radius 1 is 1.17 bits per heavy atom. The summed E-state index contributed by atoms with van der Waals surface area (Å²) < 4.78 is 17.1. The molecule has 2 aromatic carbocycles. The molecule has 8 nitrogen and oxygen atoms in total. The molecule has 8 heteroatoms. The lowest BCUT2D eigenvalue weighted by Gasteiger charge is -2.23. The van der Waals surface area contributed by atoms with Crippen molar-refractivity contribution in [1.29, 1.82) is 0 Å². The SMILES string of the molecule is O=C(NCCc1c[nH]c2ccccc12)[C@@H]1[C@@H]2C=C[C@@]3(CN(Cc4ccc5c(c4)OCO5)C(=O)[C@H]13)O2. The molecule has 0 saturated carbocycles. The zero-order chi connectivity index (χ0) is 23.6. The molecular formula is C27H25N3O5. The molecule has 178 valence electrons. The molecule has 3 aromatic rings. The molecule has 2 saturated heterocycles. The summed E-state index contributed by atoms with van der Waals surface area (Å²) in [5.41, 5.74) is 2.48. The number of aromatic nitrogens is 1. The van der Waals surface area contributed by atoms with Crippen LogP contribution in [0, 0.1) is 11.8 Å². The highest BCUT2D eigenvalue weighted by molar-refractivity contribution is 5.93. The van der Waals surface area contributed by atoms with Crippen LogP contribution in [-0.4, -0.2) is 53.3 Å². The Morgan fingerprint density at radius 3 is 3.00 bits per heavy atom. The van der Waals surface area contributed by atoms with Gasteiger partial charge in [-0.25, -0.2) is 0 Å². The van der Waals surface area contributed by atoms with Crippen LogP contribution in [0.4, 0.5) is 0 Å². The summed E-state index contributed by atoms with van der Waals surface area (Å²) in [6, 6.07) is 13.8. The summed E-state index contributed by atoms with van der Waals surface area (Å²) in [6.45, 7) is 1.59. The number of nitrogens with zero attached hydrogens (tertiary/aromatic N) is 1. The number of aromatic amines is 1. The van der Waals surface area contributed by atoms with Crippen LogP contribution in [0.1, 0.15) is 11.1 Å². The standard InChI is InChI=1S/C27H25N3O5/c31-25(28-10-8-17-12-29-19-4-2-1-3-18(17)19)23-21-7-9-27(35-21)14-30(26(32)24(23)27)13-16-5-6-20-22(11-16)34-15-33-20/h1-7,9,11-12,21,23-24,29H,8,10,13-15H2,(H,28,31)/t21-,23+,24-,27-/m0/s1. The zero-order valence-corrected chi connectivity index (χ0v) is 19.0. The molecule has 2 amide bonds. The fourth-order valence-corrected chi connectivity index (χ4v) is 6.05. The van der Waals surface area contributed by atoms with Crippen molar-refractivity contribution in [3.63, 3.8) is 0 Å². The molecule has 0 unspecified atom stereocenters. The molecule has 4 aliphatic heterocycles. The Hall–Kier alpha value is -3.78. The van der Waals surface area contributed by atoms with Crippen LogP contribution < -0.4 is 14.8 Å². The number of carbonyl (C=O) groups is 2. The number of hydrogen-bond donors (Lipinski definition) is 2. The molecule has 1 aromatic heterocycles. The maximum Gasteiger partial charge on any atom is 0.231 e. The van der Waals surface area contributed by atoms with E-state index in [2.05, 4.69) is 16.4 Å². The largest absolute Gasteiger partial charge is 0.454 e. The molecule has 7 rings (SSSR count). The van der Waals surface area contributed by atoms with Crippen molar-refractivity contribution in [1.82, 2.24) is 15.2 Å². The van der Waals surface area contributed by atoms with Crippen molar-refractivity contribution in [2.24, 2.45) is 11.8 Å². The number of H-pyrrole nitrogens is 1. The van der Waals surface area contributed by atoms with E-state index in [-0.39, 0.29) is 24.7 Å². The van der Waals surface area contributed by atoms with Gasteiger partial charge in [0, 0.05) is 30.2 Å². The molecule has 4 atom stereocenters. The maximum absolute atomic E-state index is 13.5. The first kappa shape index (κ1) is 20.6. The van der Waals surface area contributed by atoms with Crippen LogP contribution in [0.3, 0.4) is 0 Å². The summed E-state index contributed by atoms with van der Waals surface area (Å²) in [5.74, 6) is 0.232. The van der Waals surface area contributed by atoms with E-state index in [0.717, 1.165) is 22.0 Å². The van der Waals surface area contributed by atoms with Gasteiger partial charge >= 0.3 is 0 Å².